The van der Waals surface area contributed by atoms with Gasteiger partial charge in [-0.3, -0.25) is 4.79 Å². The lowest BCUT2D eigenvalue weighted by molar-refractivity contribution is -0.114. The number of carbonyl (C=O) groups excluding carboxylic acids is 1. The highest BCUT2D eigenvalue weighted by atomic mass is 32.1. The van der Waals surface area contributed by atoms with Crippen molar-refractivity contribution in [3.63, 3.8) is 0 Å². The third-order valence-corrected chi connectivity index (χ3v) is 2.75. The molecule has 0 aliphatic rings. The second-order valence-electron chi connectivity index (χ2n) is 4.47. The van der Waals surface area contributed by atoms with Crippen molar-refractivity contribution >= 4 is 40.4 Å². The fourth-order valence-electron chi connectivity index (χ4n) is 1.76. The minimum atomic E-state index is -0.130. The first-order chi connectivity index (χ1) is 9.94. The molecule has 108 valence electrons. The van der Waals surface area contributed by atoms with E-state index in [1.807, 2.05) is 19.1 Å². The van der Waals surface area contributed by atoms with Crippen LogP contribution < -0.4 is 16.4 Å². The molecule has 0 bridgehead atoms. The Morgan fingerprint density at radius 3 is 2.62 bits per heavy atom. The molecule has 0 aliphatic heterocycles. The number of hydrogen-bond donors (Lipinski definition) is 3. The van der Waals surface area contributed by atoms with Crippen LogP contribution in [0.3, 0.4) is 0 Å². The van der Waals surface area contributed by atoms with E-state index in [1.54, 1.807) is 18.2 Å². The number of nitrogens with zero attached hydrogens (tertiary/aromatic N) is 2. The van der Waals surface area contributed by atoms with Gasteiger partial charge in [-0.1, -0.05) is 18.3 Å². The summed E-state index contributed by atoms with van der Waals surface area (Å²) >= 11 is 4.93. The number of carbonyl (C=O) groups is 1. The lowest BCUT2D eigenvalue weighted by Crippen LogP contribution is -2.14. The molecule has 0 saturated carbocycles. The minimum absolute atomic E-state index is 0.130. The van der Waals surface area contributed by atoms with Crippen LogP contribution in [-0.4, -0.2) is 20.9 Å². The summed E-state index contributed by atoms with van der Waals surface area (Å²) in [4.78, 5) is 19.8. The highest BCUT2D eigenvalue weighted by Crippen LogP contribution is 2.18. The molecular formula is C14H15N5OS. The Bertz CT molecular complexity index is 702. The highest BCUT2D eigenvalue weighted by molar-refractivity contribution is 7.80. The number of nitrogens with one attached hydrogen (secondary N) is 2. The molecular weight excluding hydrogens is 286 g/mol. The van der Waals surface area contributed by atoms with Gasteiger partial charge in [-0.2, -0.15) is 0 Å². The summed E-state index contributed by atoms with van der Waals surface area (Å²) in [7, 11) is 0. The van der Waals surface area contributed by atoms with Gasteiger partial charge in [0.1, 0.15) is 10.7 Å². The van der Waals surface area contributed by atoms with Gasteiger partial charge in [0.05, 0.1) is 0 Å². The van der Waals surface area contributed by atoms with Crippen LogP contribution in [0.25, 0.3) is 0 Å². The zero-order valence-corrected chi connectivity index (χ0v) is 12.5. The topological polar surface area (TPSA) is 92.9 Å². The Hall–Kier alpha value is -2.54. The van der Waals surface area contributed by atoms with Gasteiger partial charge in [-0.05, 0) is 31.2 Å². The van der Waals surface area contributed by atoms with Crippen molar-refractivity contribution in [3.8, 4) is 0 Å². The van der Waals surface area contributed by atoms with Crippen LogP contribution in [0.4, 0.5) is 17.3 Å². The first-order valence-electron chi connectivity index (χ1n) is 6.24. The Labute approximate surface area is 127 Å². The summed E-state index contributed by atoms with van der Waals surface area (Å²) in [6, 6.07) is 8.97. The molecule has 0 radical (unpaired) electrons. The fraction of sp³-hybridized carbons (Fsp3) is 0.143. The summed E-state index contributed by atoms with van der Waals surface area (Å²) in [5, 5.41) is 5.78. The van der Waals surface area contributed by atoms with Gasteiger partial charge >= 0.3 is 0 Å². The molecule has 21 heavy (non-hydrogen) atoms. The Balaban J connectivity index is 2.25. The maximum Gasteiger partial charge on any atom is 0.228 e. The van der Waals surface area contributed by atoms with Gasteiger partial charge in [0.25, 0.3) is 0 Å². The van der Waals surface area contributed by atoms with E-state index in [1.165, 1.54) is 6.92 Å². The van der Waals surface area contributed by atoms with E-state index in [9.17, 15) is 4.79 Å². The SMILES string of the molecule is CC(=O)Nc1cccc(Nc2nc(C)cc(C(N)=S)n2)c1. The Morgan fingerprint density at radius 2 is 1.95 bits per heavy atom. The van der Waals surface area contributed by atoms with Crippen LogP contribution in [0.1, 0.15) is 18.3 Å². The lowest BCUT2D eigenvalue weighted by atomic mass is 10.2. The van der Waals surface area contributed by atoms with Crippen LogP contribution in [-0.2, 0) is 4.79 Å². The van der Waals surface area contributed by atoms with Crippen molar-refractivity contribution in [2.75, 3.05) is 10.6 Å². The summed E-state index contributed by atoms with van der Waals surface area (Å²) < 4.78 is 0. The number of hydrogen-bond acceptors (Lipinski definition) is 5. The molecule has 2 rings (SSSR count). The van der Waals surface area contributed by atoms with Crippen molar-refractivity contribution < 1.29 is 4.79 Å². The number of nitrogens with two attached hydrogens (primary N) is 1. The van der Waals surface area contributed by atoms with E-state index in [4.69, 9.17) is 18.0 Å². The molecule has 0 fully saturated rings. The molecule has 7 heteroatoms. The van der Waals surface area contributed by atoms with Gasteiger partial charge in [-0.25, -0.2) is 9.97 Å². The number of aromatic nitrogens is 2. The highest BCUT2D eigenvalue weighted by Gasteiger charge is 2.05. The summed E-state index contributed by atoms with van der Waals surface area (Å²) in [5.41, 5.74) is 8.30. The van der Waals surface area contributed by atoms with Gasteiger partial charge in [-0.15, -0.1) is 0 Å². The molecule has 0 atom stereocenters. The van der Waals surface area contributed by atoms with Gasteiger partial charge in [0, 0.05) is 24.0 Å². The van der Waals surface area contributed by atoms with Crippen LogP contribution in [0.5, 0.6) is 0 Å². The minimum Gasteiger partial charge on any atom is -0.388 e. The maximum absolute atomic E-state index is 11.1. The first kappa shape index (κ1) is 14.9. The number of benzene rings is 1. The molecule has 6 nitrogen and oxygen atoms in total. The Kier molecular flexibility index (Phi) is 4.44. The van der Waals surface area contributed by atoms with E-state index >= 15 is 0 Å². The zero-order valence-electron chi connectivity index (χ0n) is 11.7. The molecule has 2 aromatic rings. The summed E-state index contributed by atoms with van der Waals surface area (Å²) in [5.74, 6) is 0.271. The molecule has 0 unspecified atom stereocenters. The van der Waals surface area contributed by atoms with Crippen molar-refractivity contribution in [3.05, 3.63) is 41.7 Å². The number of rotatable bonds is 4. The number of anilines is 3. The van der Waals surface area contributed by atoms with Gasteiger partial charge < -0.3 is 16.4 Å². The Morgan fingerprint density at radius 1 is 1.24 bits per heavy atom. The van der Waals surface area contributed by atoms with E-state index < -0.39 is 0 Å². The third kappa shape index (κ3) is 4.22. The van der Waals surface area contributed by atoms with E-state index in [0.717, 1.165) is 11.4 Å². The number of thiocarbonyl (C=S) groups is 1. The lowest BCUT2D eigenvalue weighted by Gasteiger charge is -2.09. The third-order valence-electron chi connectivity index (χ3n) is 2.55. The standard InChI is InChI=1S/C14H15N5OS/c1-8-6-12(13(15)21)19-14(16-8)18-11-5-3-4-10(7-11)17-9(2)20/h3-7H,1-2H3,(H2,15,21)(H,17,20)(H,16,18,19). The fourth-order valence-corrected chi connectivity index (χ4v) is 1.86. The van der Waals surface area contributed by atoms with E-state index in [2.05, 4.69) is 20.6 Å². The number of aryl methyl sites for hydroxylation is 1. The normalized spacial score (nSPS) is 10.0. The zero-order chi connectivity index (χ0) is 15.4. The monoisotopic (exact) mass is 301 g/mol. The van der Waals surface area contributed by atoms with Crippen molar-refractivity contribution in [1.29, 1.82) is 0 Å². The predicted molar refractivity (Wildman–Crippen MR) is 86.7 cm³/mol. The predicted octanol–water partition coefficient (Wildman–Crippen LogP) is 2.12. The molecule has 1 heterocycles. The van der Waals surface area contributed by atoms with E-state index in [-0.39, 0.29) is 10.9 Å². The van der Waals surface area contributed by atoms with Crippen LogP contribution in [0, 0.1) is 6.92 Å². The van der Waals surface area contributed by atoms with Crippen molar-refractivity contribution in [1.82, 2.24) is 9.97 Å². The van der Waals surface area contributed by atoms with Crippen LogP contribution in [0.2, 0.25) is 0 Å². The second-order valence-corrected chi connectivity index (χ2v) is 4.91. The molecule has 0 spiro atoms. The molecule has 0 saturated heterocycles. The van der Waals surface area contributed by atoms with E-state index in [0.29, 0.717) is 17.3 Å². The largest absolute Gasteiger partial charge is 0.388 e. The molecule has 0 aliphatic carbocycles. The molecule has 1 aromatic heterocycles. The quantitative estimate of drug-likeness (QED) is 0.749. The van der Waals surface area contributed by atoms with Crippen LogP contribution >= 0.6 is 12.2 Å². The average Bonchev–Trinajstić information content (AvgIpc) is 2.37. The van der Waals surface area contributed by atoms with Crippen molar-refractivity contribution in [2.24, 2.45) is 5.73 Å². The molecule has 1 amide bonds. The second kappa shape index (κ2) is 6.27. The first-order valence-corrected chi connectivity index (χ1v) is 6.65. The van der Waals surface area contributed by atoms with Gasteiger partial charge in [0.2, 0.25) is 11.9 Å². The van der Waals surface area contributed by atoms with Crippen molar-refractivity contribution in [2.45, 2.75) is 13.8 Å². The molecule has 4 N–H and O–H groups in total. The smallest absolute Gasteiger partial charge is 0.228 e. The summed E-state index contributed by atoms with van der Waals surface area (Å²) in [6.45, 7) is 3.29. The number of amides is 1. The van der Waals surface area contributed by atoms with Gasteiger partial charge in [0.15, 0.2) is 0 Å². The molecule has 1 aromatic carbocycles. The average molecular weight is 301 g/mol. The van der Waals surface area contributed by atoms with Crippen LogP contribution in [0.15, 0.2) is 30.3 Å². The summed E-state index contributed by atoms with van der Waals surface area (Å²) in [6.07, 6.45) is 0. The maximum atomic E-state index is 11.1.